The van der Waals surface area contributed by atoms with Crippen molar-refractivity contribution in [2.75, 3.05) is 0 Å². The third-order valence-corrected chi connectivity index (χ3v) is 4.87. The van der Waals surface area contributed by atoms with Gasteiger partial charge in [-0.2, -0.15) is 0 Å². The van der Waals surface area contributed by atoms with Gasteiger partial charge in [-0.05, 0) is 45.2 Å². The zero-order valence-corrected chi connectivity index (χ0v) is 16.4. The van der Waals surface area contributed by atoms with Crippen molar-refractivity contribution in [1.82, 2.24) is 0 Å². The van der Waals surface area contributed by atoms with Crippen molar-refractivity contribution in [3.05, 3.63) is 64.7 Å². The highest BCUT2D eigenvalue weighted by atomic mass is 16.3. The van der Waals surface area contributed by atoms with Gasteiger partial charge in [-0.15, -0.1) is 0 Å². The van der Waals surface area contributed by atoms with Gasteiger partial charge in [-0.25, -0.2) is 0 Å². The Morgan fingerprint density at radius 1 is 0.750 bits per heavy atom. The first-order chi connectivity index (χ1) is 10.8. The van der Waals surface area contributed by atoms with Gasteiger partial charge >= 0.3 is 0 Å². The van der Waals surface area contributed by atoms with Crippen molar-refractivity contribution in [1.29, 1.82) is 0 Å². The maximum absolute atomic E-state index is 10.3. The van der Waals surface area contributed by atoms with Crippen LogP contribution in [0.25, 0.3) is 0 Å². The average molecular weight is 324 g/mol. The van der Waals surface area contributed by atoms with Crippen molar-refractivity contribution in [3.8, 4) is 5.75 Å². The predicted molar refractivity (Wildman–Crippen MR) is 103 cm³/mol. The van der Waals surface area contributed by atoms with Crippen LogP contribution >= 0.6 is 0 Å². The topological polar surface area (TPSA) is 20.2 Å². The summed E-state index contributed by atoms with van der Waals surface area (Å²) in [6.07, 6.45) is 0. The van der Waals surface area contributed by atoms with Gasteiger partial charge in [-0.3, -0.25) is 0 Å². The zero-order valence-electron chi connectivity index (χ0n) is 16.4. The molecule has 129 valence electrons. The summed E-state index contributed by atoms with van der Waals surface area (Å²) < 4.78 is 0. The molecule has 1 radical (unpaired) electrons. The number of phenols is 1. The third-order valence-electron chi connectivity index (χ3n) is 4.87. The first-order valence-electron chi connectivity index (χ1n) is 8.70. The minimum absolute atomic E-state index is 0.0636. The predicted octanol–water partition coefficient (Wildman–Crippen LogP) is 6.11. The van der Waals surface area contributed by atoms with Gasteiger partial charge in [0.15, 0.2) is 0 Å². The monoisotopic (exact) mass is 323 g/mol. The second kappa shape index (κ2) is 5.95. The highest BCUT2D eigenvalue weighted by Gasteiger charge is 2.31. The molecule has 1 nitrogen and oxygen atoms in total. The van der Waals surface area contributed by atoms with E-state index in [0.717, 1.165) is 5.56 Å². The number of phenolic OH excluding ortho intramolecular Hbond substituents is 1. The van der Waals surface area contributed by atoms with Gasteiger partial charge in [0.05, 0.1) is 0 Å². The lowest BCUT2D eigenvalue weighted by molar-refractivity contribution is 0.445. The molecule has 1 N–H and O–H groups in total. The first-order valence-corrected chi connectivity index (χ1v) is 8.70. The smallest absolute Gasteiger partial charge is 0.119 e. The fourth-order valence-electron chi connectivity index (χ4n) is 3.28. The van der Waals surface area contributed by atoms with E-state index in [1.165, 1.54) is 16.7 Å². The van der Waals surface area contributed by atoms with Gasteiger partial charge in [0, 0.05) is 5.41 Å². The van der Waals surface area contributed by atoms with Crippen LogP contribution in [0.5, 0.6) is 5.75 Å². The highest BCUT2D eigenvalue weighted by Crippen LogP contribution is 2.41. The molecule has 2 rings (SSSR count). The SMILES string of the molecule is CC(C)(C)c1cc(C(C)(C)c2cc[c]cc2C(C)(C)C)ccc1O. The Morgan fingerprint density at radius 2 is 1.33 bits per heavy atom. The Morgan fingerprint density at radius 3 is 1.88 bits per heavy atom. The molecule has 24 heavy (non-hydrogen) atoms. The summed E-state index contributed by atoms with van der Waals surface area (Å²) in [5, 5.41) is 10.3. The van der Waals surface area contributed by atoms with E-state index >= 15 is 0 Å². The molecule has 1 heteroatoms. The Hall–Kier alpha value is -1.76. The molecule has 0 amide bonds. The van der Waals surface area contributed by atoms with Gasteiger partial charge in [0.2, 0.25) is 0 Å². The Kier molecular flexibility index (Phi) is 4.61. The molecule has 0 aromatic heterocycles. The lowest BCUT2D eigenvalue weighted by Gasteiger charge is -2.34. The molecule has 2 aromatic rings. The van der Waals surface area contributed by atoms with Crippen LogP contribution < -0.4 is 0 Å². The summed E-state index contributed by atoms with van der Waals surface area (Å²) in [4.78, 5) is 0. The molecule has 0 fully saturated rings. The Bertz CT molecular complexity index is 724. The summed E-state index contributed by atoms with van der Waals surface area (Å²) in [5.41, 5.74) is 4.68. The summed E-state index contributed by atoms with van der Waals surface area (Å²) in [6, 6.07) is 15.6. The van der Waals surface area contributed by atoms with Gasteiger partial charge in [-0.1, -0.05) is 85.7 Å². The molecule has 2 aromatic carbocycles. The van der Waals surface area contributed by atoms with Crippen LogP contribution in [0.1, 0.15) is 77.6 Å². The van der Waals surface area contributed by atoms with Gasteiger partial charge < -0.3 is 5.11 Å². The largest absolute Gasteiger partial charge is 0.508 e. The zero-order chi connectivity index (χ0) is 18.3. The van der Waals surface area contributed by atoms with Crippen molar-refractivity contribution in [2.45, 2.75) is 71.6 Å². The van der Waals surface area contributed by atoms with E-state index in [0.29, 0.717) is 5.75 Å². The van der Waals surface area contributed by atoms with E-state index in [9.17, 15) is 5.11 Å². The summed E-state index contributed by atoms with van der Waals surface area (Å²) in [7, 11) is 0. The van der Waals surface area contributed by atoms with E-state index in [1.807, 2.05) is 18.2 Å². The Labute approximate surface area is 147 Å². The van der Waals surface area contributed by atoms with E-state index in [2.05, 4.69) is 79.7 Å². The second-order valence-corrected chi connectivity index (χ2v) is 9.33. The van der Waals surface area contributed by atoms with Gasteiger partial charge in [0.25, 0.3) is 0 Å². The number of hydrogen-bond donors (Lipinski definition) is 1. The molecule has 0 aliphatic rings. The van der Waals surface area contributed by atoms with E-state index in [-0.39, 0.29) is 16.2 Å². The lowest BCUT2D eigenvalue weighted by Crippen LogP contribution is -2.26. The summed E-state index contributed by atoms with van der Waals surface area (Å²) in [5.74, 6) is 0.375. The molecule has 0 spiro atoms. The number of benzene rings is 2. The highest BCUT2D eigenvalue weighted by molar-refractivity contribution is 5.49. The molecular weight excluding hydrogens is 292 g/mol. The fourth-order valence-corrected chi connectivity index (χ4v) is 3.28. The molecule has 0 aliphatic carbocycles. The molecule has 0 unspecified atom stereocenters. The summed E-state index contributed by atoms with van der Waals surface area (Å²) in [6.45, 7) is 17.7. The lowest BCUT2D eigenvalue weighted by atomic mass is 9.70. The molecular formula is C23H31O. The van der Waals surface area contributed by atoms with E-state index < -0.39 is 0 Å². The van der Waals surface area contributed by atoms with Crippen molar-refractivity contribution < 1.29 is 5.11 Å². The maximum Gasteiger partial charge on any atom is 0.119 e. The second-order valence-electron chi connectivity index (χ2n) is 9.33. The third kappa shape index (κ3) is 3.50. The number of rotatable bonds is 2. The quantitative estimate of drug-likeness (QED) is 0.706. The van der Waals surface area contributed by atoms with Gasteiger partial charge in [0.1, 0.15) is 5.75 Å². The van der Waals surface area contributed by atoms with Crippen LogP contribution in [-0.2, 0) is 16.2 Å². The maximum atomic E-state index is 10.3. The van der Waals surface area contributed by atoms with Crippen LogP contribution in [-0.4, -0.2) is 5.11 Å². The summed E-state index contributed by atoms with van der Waals surface area (Å²) >= 11 is 0. The minimum atomic E-state index is -0.147. The fraction of sp³-hybridized carbons (Fsp3) is 0.478. The molecule has 0 atom stereocenters. The molecule has 0 bridgehead atoms. The number of hydrogen-bond acceptors (Lipinski definition) is 1. The van der Waals surface area contributed by atoms with Crippen LogP contribution in [0.4, 0.5) is 0 Å². The average Bonchev–Trinajstić information content (AvgIpc) is 2.45. The number of aromatic hydroxyl groups is 1. The molecule has 0 aliphatic heterocycles. The standard InChI is InChI=1S/C23H31O/c1-21(2,3)17-11-9-10-12-18(17)23(7,8)16-13-14-20(24)19(15-16)22(4,5)6/h10-15,24H,1-8H3. The van der Waals surface area contributed by atoms with Crippen LogP contribution in [0, 0.1) is 6.07 Å². The van der Waals surface area contributed by atoms with E-state index in [4.69, 9.17) is 0 Å². The van der Waals surface area contributed by atoms with Crippen LogP contribution in [0.15, 0.2) is 36.4 Å². The first kappa shape index (κ1) is 18.6. The van der Waals surface area contributed by atoms with Crippen molar-refractivity contribution >= 4 is 0 Å². The molecule has 0 heterocycles. The van der Waals surface area contributed by atoms with Crippen LogP contribution in [0.2, 0.25) is 0 Å². The minimum Gasteiger partial charge on any atom is -0.508 e. The van der Waals surface area contributed by atoms with Crippen LogP contribution in [0.3, 0.4) is 0 Å². The molecule has 0 saturated carbocycles. The Balaban J connectivity index is 2.65. The molecule has 0 saturated heterocycles. The van der Waals surface area contributed by atoms with Crippen molar-refractivity contribution in [2.24, 2.45) is 0 Å². The normalized spacial score (nSPS) is 13.2. The van der Waals surface area contributed by atoms with E-state index in [1.54, 1.807) is 0 Å². The van der Waals surface area contributed by atoms with Crippen molar-refractivity contribution in [3.63, 3.8) is 0 Å².